The number of benzene rings is 2. The van der Waals surface area contributed by atoms with E-state index in [1.165, 1.54) is 30.3 Å². The zero-order chi connectivity index (χ0) is 32.7. The van der Waals surface area contributed by atoms with Gasteiger partial charge in [0.05, 0.1) is 23.7 Å². The van der Waals surface area contributed by atoms with Gasteiger partial charge in [0.15, 0.2) is 0 Å². The van der Waals surface area contributed by atoms with Crippen LogP contribution in [0.1, 0.15) is 44.7 Å². The molecule has 0 bridgehead atoms. The van der Waals surface area contributed by atoms with Crippen LogP contribution in [0.4, 0.5) is 42.5 Å². The molecule has 9 nitrogen and oxygen atoms in total. The Balaban J connectivity index is 1.45. The van der Waals surface area contributed by atoms with Crippen LogP contribution in [0, 0.1) is 16.7 Å². The Morgan fingerprint density at radius 3 is 2.32 bits per heavy atom. The van der Waals surface area contributed by atoms with Crippen LogP contribution >= 0.6 is 0 Å². The molecule has 2 amide bonds. The zero-order valence-corrected chi connectivity index (χ0v) is 23.9. The highest BCUT2D eigenvalue weighted by atomic mass is 19.4. The third-order valence-electron chi connectivity index (χ3n) is 7.82. The standard InChI is InChI=1S/C29H30F6N4O5/c1-26(2,3)27(11-4-12-39(27)25(41)42)23(40)37-18-6-9-20(10-7-18)43-16-21-15-38(24(44-21)29(33,34)35)19-8-5-17(14-36)22(13-19)28(30,31)32/h5-10,13,21,24H,4,11-12,15-16H2,1-3H3,(H,37,40)(H,41,42)/t21-,24+,27+/m0/s1. The Hall–Kier alpha value is -4.19. The van der Waals surface area contributed by atoms with Crippen molar-refractivity contribution in [3.05, 3.63) is 53.6 Å². The Labute approximate surface area is 248 Å². The number of nitrogens with zero attached hydrogens (tertiary/aromatic N) is 3. The minimum Gasteiger partial charge on any atom is -0.491 e. The molecule has 2 aliphatic rings. The molecule has 0 saturated carbocycles. The summed E-state index contributed by atoms with van der Waals surface area (Å²) in [5, 5.41) is 21.5. The predicted molar refractivity (Wildman–Crippen MR) is 145 cm³/mol. The normalized spacial score (nSPS) is 22.5. The maximum absolute atomic E-state index is 13.8. The van der Waals surface area contributed by atoms with E-state index in [0.29, 0.717) is 29.5 Å². The second-order valence-electron chi connectivity index (χ2n) is 11.6. The fourth-order valence-electron chi connectivity index (χ4n) is 5.74. The molecule has 2 saturated heterocycles. The van der Waals surface area contributed by atoms with Crippen LogP contribution in [0.3, 0.4) is 0 Å². The molecule has 2 fully saturated rings. The summed E-state index contributed by atoms with van der Waals surface area (Å²) in [5.41, 5.74) is -4.18. The minimum atomic E-state index is -4.95. The first kappa shape index (κ1) is 32.7. The lowest BCUT2D eigenvalue weighted by Crippen LogP contribution is -2.62. The number of alkyl halides is 6. The molecule has 2 aliphatic heterocycles. The number of carbonyl (C=O) groups is 2. The first-order valence-electron chi connectivity index (χ1n) is 13.5. The number of likely N-dealkylation sites (tertiary alicyclic amines) is 1. The maximum atomic E-state index is 13.8. The van der Waals surface area contributed by atoms with Crippen LogP contribution in [0.25, 0.3) is 0 Å². The molecule has 0 aromatic heterocycles. The van der Waals surface area contributed by atoms with E-state index in [9.17, 15) is 41.0 Å². The number of hydrogen-bond acceptors (Lipinski definition) is 6. The number of carboxylic acid groups (broad SMARTS) is 1. The molecule has 44 heavy (non-hydrogen) atoms. The highest BCUT2D eigenvalue weighted by Crippen LogP contribution is 2.45. The lowest BCUT2D eigenvalue weighted by molar-refractivity contribution is -0.215. The fourth-order valence-corrected chi connectivity index (χ4v) is 5.74. The van der Waals surface area contributed by atoms with Gasteiger partial charge in [0.1, 0.15) is 24.0 Å². The van der Waals surface area contributed by atoms with Gasteiger partial charge in [0.25, 0.3) is 5.91 Å². The molecule has 0 radical (unpaired) electrons. The van der Waals surface area contributed by atoms with Crippen molar-refractivity contribution in [2.75, 3.05) is 29.9 Å². The van der Waals surface area contributed by atoms with Gasteiger partial charge in [-0.2, -0.15) is 31.6 Å². The summed E-state index contributed by atoms with van der Waals surface area (Å²) in [4.78, 5) is 27.1. The van der Waals surface area contributed by atoms with Gasteiger partial charge >= 0.3 is 18.4 Å². The summed E-state index contributed by atoms with van der Waals surface area (Å²) in [6, 6.07) is 9.56. The Kier molecular flexibility index (Phi) is 8.71. The van der Waals surface area contributed by atoms with Crippen LogP contribution < -0.4 is 15.0 Å². The van der Waals surface area contributed by atoms with E-state index in [1.807, 2.05) is 0 Å². The SMILES string of the molecule is CC(C)(C)[C@]1(C(=O)Nc2ccc(OC[C@@H]3CN(c4ccc(C#N)c(C(F)(F)F)c4)[C@@H](C(F)(F)F)O3)cc2)CCCN1C(=O)O. The molecule has 0 unspecified atom stereocenters. The van der Waals surface area contributed by atoms with E-state index < -0.39 is 71.0 Å². The van der Waals surface area contributed by atoms with Crippen LogP contribution in [0.5, 0.6) is 5.75 Å². The molecule has 238 valence electrons. The smallest absolute Gasteiger partial charge is 0.433 e. The van der Waals surface area contributed by atoms with Gasteiger partial charge in [0, 0.05) is 17.9 Å². The summed E-state index contributed by atoms with van der Waals surface area (Å²) in [5.74, 6) is -0.280. The number of amides is 2. The van der Waals surface area contributed by atoms with Crippen molar-refractivity contribution in [1.29, 1.82) is 5.26 Å². The summed E-state index contributed by atoms with van der Waals surface area (Å²) in [6.07, 6.45) is -14.0. The highest BCUT2D eigenvalue weighted by molar-refractivity contribution is 6.01. The number of hydrogen-bond donors (Lipinski definition) is 2. The first-order valence-corrected chi connectivity index (χ1v) is 13.5. The number of anilines is 2. The van der Waals surface area contributed by atoms with Crippen LogP contribution in [-0.2, 0) is 15.7 Å². The van der Waals surface area contributed by atoms with Crippen LogP contribution in [0.2, 0.25) is 0 Å². The quantitative estimate of drug-likeness (QED) is 0.364. The molecule has 2 N–H and O–H groups in total. The van der Waals surface area contributed by atoms with Crippen LogP contribution in [0.15, 0.2) is 42.5 Å². The molecular weight excluding hydrogens is 598 g/mol. The molecule has 15 heteroatoms. The van der Waals surface area contributed by atoms with Gasteiger partial charge in [-0.05, 0) is 60.7 Å². The summed E-state index contributed by atoms with van der Waals surface area (Å²) < 4.78 is 92.4. The molecule has 3 atom stereocenters. The molecule has 2 aromatic carbocycles. The van der Waals surface area contributed by atoms with Crippen molar-refractivity contribution >= 4 is 23.4 Å². The van der Waals surface area contributed by atoms with Gasteiger partial charge < -0.3 is 24.8 Å². The third-order valence-corrected chi connectivity index (χ3v) is 7.82. The number of halogens is 6. The Bertz CT molecular complexity index is 1430. The van der Waals surface area contributed by atoms with Gasteiger partial charge in [0.2, 0.25) is 6.23 Å². The molecular formula is C29H30F6N4O5. The number of nitrogens with one attached hydrogen (secondary N) is 1. The second kappa shape index (κ2) is 11.7. The van der Waals surface area contributed by atoms with Gasteiger partial charge in [-0.15, -0.1) is 0 Å². The summed E-state index contributed by atoms with van der Waals surface area (Å²) >= 11 is 0. The number of rotatable bonds is 6. The average molecular weight is 629 g/mol. The average Bonchev–Trinajstić information content (AvgIpc) is 3.58. The van der Waals surface area contributed by atoms with Crippen LogP contribution in [-0.4, -0.2) is 65.8 Å². The van der Waals surface area contributed by atoms with Crippen molar-refractivity contribution in [2.24, 2.45) is 5.41 Å². The monoisotopic (exact) mass is 628 g/mol. The van der Waals surface area contributed by atoms with Crippen molar-refractivity contribution in [3.63, 3.8) is 0 Å². The second-order valence-corrected chi connectivity index (χ2v) is 11.6. The topological polar surface area (TPSA) is 115 Å². The number of nitriles is 1. The minimum absolute atomic E-state index is 0.213. The molecule has 0 spiro atoms. The van der Waals surface area contributed by atoms with E-state index in [4.69, 9.17) is 14.7 Å². The van der Waals surface area contributed by atoms with Crippen molar-refractivity contribution < 1.29 is 50.5 Å². The molecule has 0 aliphatic carbocycles. The largest absolute Gasteiger partial charge is 0.491 e. The first-order chi connectivity index (χ1) is 20.4. The van der Waals surface area contributed by atoms with E-state index in [-0.39, 0.29) is 18.9 Å². The summed E-state index contributed by atoms with van der Waals surface area (Å²) in [6.45, 7) is 4.76. The zero-order valence-electron chi connectivity index (χ0n) is 23.9. The van der Waals surface area contributed by atoms with Gasteiger partial charge in [-0.3, -0.25) is 9.69 Å². The lowest BCUT2D eigenvalue weighted by Gasteiger charge is -2.45. The van der Waals surface area contributed by atoms with E-state index in [2.05, 4.69) is 5.32 Å². The number of ether oxygens (including phenoxy) is 2. The Morgan fingerprint density at radius 1 is 1.11 bits per heavy atom. The van der Waals surface area contributed by atoms with Gasteiger partial charge in [-0.25, -0.2) is 4.79 Å². The summed E-state index contributed by atoms with van der Waals surface area (Å²) in [7, 11) is 0. The molecule has 4 rings (SSSR count). The van der Waals surface area contributed by atoms with Crippen molar-refractivity contribution in [3.8, 4) is 11.8 Å². The third kappa shape index (κ3) is 6.35. The maximum Gasteiger partial charge on any atom is 0.433 e. The molecule has 2 aromatic rings. The fraction of sp³-hybridized carbons (Fsp3) is 0.483. The molecule has 2 heterocycles. The predicted octanol–water partition coefficient (Wildman–Crippen LogP) is 6.25. The Morgan fingerprint density at radius 2 is 1.77 bits per heavy atom. The van der Waals surface area contributed by atoms with Crippen molar-refractivity contribution in [2.45, 2.75) is 63.8 Å². The van der Waals surface area contributed by atoms with Crippen molar-refractivity contribution in [1.82, 2.24) is 4.90 Å². The van der Waals surface area contributed by atoms with E-state index in [1.54, 1.807) is 20.8 Å². The van der Waals surface area contributed by atoms with E-state index >= 15 is 0 Å². The number of carbonyl (C=O) groups excluding carboxylic acids is 1. The van der Waals surface area contributed by atoms with E-state index in [0.717, 1.165) is 17.0 Å². The highest BCUT2D eigenvalue weighted by Gasteiger charge is 2.57. The lowest BCUT2D eigenvalue weighted by atomic mass is 9.71. The van der Waals surface area contributed by atoms with Gasteiger partial charge in [-0.1, -0.05) is 20.8 Å².